The zero-order valence-corrected chi connectivity index (χ0v) is 14.4. The Morgan fingerprint density at radius 2 is 2.08 bits per heavy atom. The van der Waals surface area contributed by atoms with Crippen LogP contribution >= 0.6 is 0 Å². The summed E-state index contributed by atoms with van der Waals surface area (Å²) in [5.41, 5.74) is 0.942. The molecule has 7 heteroatoms. The average Bonchev–Trinajstić information content (AvgIpc) is 2.50. The lowest BCUT2D eigenvalue weighted by atomic mass is 9.67. The molecule has 1 fully saturated rings. The maximum Gasteiger partial charge on any atom is 0.313 e. The first-order valence-electron chi connectivity index (χ1n) is 8.45. The fourth-order valence-corrected chi connectivity index (χ4v) is 3.70. The van der Waals surface area contributed by atoms with Gasteiger partial charge in [-0.05, 0) is 32.6 Å². The third-order valence-corrected chi connectivity index (χ3v) is 4.75. The Morgan fingerprint density at radius 1 is 1.38 bits per heavy atom. The van der Waals surface area contributed by atoms with Crippen molar-refractivity contribution in [3.05, 3.63) is 21.8 Å². The van der Waals surface area contributed by atoms with E-state index in [0.717, 1.165) is 5.57 Å². The molecular formula is C17H25NO6. The van der Waals surface area contributed by atoms with Crippen LogP contribution in [0.3, 0.4) is 0 Å². The van der Waals surface area contributed by atoms with Gasteiger partial charge in [0.2, 0.25) is 6.04 Å². The summed E-state index contributed by atoms with van der Waals surface area (Å²) < 4.78 is 10.5. The summed E-state index contributed by atoms with van der Waals surface area (Å²) in [5.74, 6) is -0.946. The summed E-state index contributed by atoms with van der Waals surface area (Å²) >= 11 is 0. The molecule has 0 spiro atoms. The van der Waals surface area contributed by atoms with Crippen LogP contribution in [0.2, 0.25) is 0 Å². The largest absolute Gasteiger partial charge is 0.466 e. The van der Waals surface area contributed by atoms with Gasteiger partial charge in [0.25, 0.3) is 0 Å². The number of carbonyl (C=O) groups is 2. The van der Waals surface area contributed by atoms with Gasteiger partial charge in [-0.25, -0.2) is 0 Å². The fraction of sp³-hybridized carbons (Fsp3) is 0.765. The summed E-state index contributed by atoms with van der Waals surface area (Å²) in [6.45, 7) is 5.17. The average molecular weight is 339 g/mol. The number of esters is 2. The number of ether oxygens (including phenoxy) is 2. The number of hydrogen-bond donors (Lipinski definition) is 0. The van der Waals surface area contributed by atoms with E-state index in [2.05, 4.69) is 0 Å². The minimum absolute atomic E-state index is 0.00585. The molecule has 7 nitrogen and oxygen atoms in total. The second-order valence-corrected chi connectivity index (χ2v) is 6.96. The highest BCUT2D eigenvalue weighted by atomic mass is 16.6. The molecule has 134 valence electrons. The number of carbonyl (C=O) groups excluding carboxylic acids is 2. The molecule has 0 saturated heterocycles. The first-order chi connectivity index (χ1) is 11.3. The van der Waals surface area contributed by atoms with Crippen molar-refractivity contribution in [2.45, 2.75) is 58.6 Å². The van der Waals surface area contributed by atoms with Crippen molar-refractivity contribution >= 4 is 11.9 Å². The molecule has 0 aromatic carbocycles. The van der Waals surface area contributed by atoms with Gasteiger partial charge in [-0.2, -0.15) is 0 Å². The SMILES string of the molecule is CC(=O)OC[C@@H]1C[C@H](C(=O)OC(C)C)C=C2C[C@H]([N+](=O)[O-])CC[C@H]21. The number of fused-ring (bicyclic) bond motifs is 1. The van der Waals surface area contributed by atoms with Crippen LogP contribution in [0.5, 0.6) is 0 Å². The van der Waals surface area contributed by atoms with Crippen molar-refractivity contribution in [3.63, 3.8) is 0 Å². The molecule has 0 aliphatic heterocycles. The Bertz CT molecular complexity index is 541. The van der Waals surface area contributed by atoms with Gasteiger partial charge in [0, 0.05) is 30.6 Å². The highest BCUT2D eigenvalue weighted by Crippen LogP contribution is 2.43. The third-order valence-electron chi connectivity index (χ3n) is 4.75. The Morgan fingerprint density at radius 3 is 2.67 bits per heavy atom. The quantitative estimate of drug-likeness (QED) is 0.330. The molecule has 2 rings (SSSR count). The second kappa shape index (κ2) is 7.77. The predicted molar refractivity (Wildman–Crippen MR) is 85.7 cm³/mol. The zero-order chi connectivity index (χ0) is 17.9. The highest BCUT2D eigenvalue weighted by molar-refractivity contribution is 5.75. The minimum atomic E-state index is -0.596. The van der Waals surface area contributed by atoms with Crippen molar-refractivity contribution in [2.24, 2.45) is 17.8 Å². The van der Waals surface area contributed by atoms with E-state index in [0.29, 0.717) is 25.7 Å². The molecule has 2 aliphatic carbocycles. The van der Waals surface area contributed by atoms with Crippen molar-refractivity contribution in [1.82, 2.24) is 0 Å². The third kappa shape index (κ3) is 4.55. The van der Waals surface area contributed by atoms with Crippen LogP contribution < -0.4 is 0 Å². The molecule has 0 unspecified atom stereocenters. The molecule has 0 heterocycles. The van der Waals surface area contributed by atoms with Gasteiger partial charge in [0.1, 0.15) is 0 Å². The Hall–Kier alpha value is -1.92. The Kier molecular flexibility index (Phi) is 5.96. The van der Waals surface area contributed by atoms with Crippen molar-refractivity contribution < 1.29 is 24.0 Å². The van der Waals surface area contributed by atoms with Crippen LogP contribution in [0.1, 0.15) is 46.5 Å². The smallest absolute Gasteiger partial charge is 0.313 e. The molecular weight excluding hydrogens is 314 g/mol. The molecule has 24 heavy (non-hydrogen) atoms. The van der Waals surface area contributed by atoms with Gasteiger partial charge < -0.3 is 9.47 Å². The lowest BCUT2D eigenvalue weighted by Gasteiger charge is -2.38. The molecule has 4 atom stereocenters. The van der Waals surface area contributed by atoms with Crippen LogP contribution in [-0.4, -0.2) is 35.6 Å². The van der Waals surface area contributed by atoms with E-state index in [1.54, 1.807) is 13.8 Å². The first-order valence-corrected chi connectivity index (χ1v) is 8.45. The van der Waals surface area contributed by atoms with Gasteiger partial charge >= 0.3 is 11.9 Å². The summed E-state index contributed by atoms with van der Waals surface area (Å²) in [6, 6.07) is -0.596. The van der Waals surface area contributed by atoms with E-state index < -0.39 is 12.0 Å². The maximum absolute atomic E-state index is 12.3. The predicted octanol–water partition coefficient (Wildman–Crippen LogP) is 2.51. The molecule has 0 aromatic heterocycles. The summed E-state index contributed by atoms with van der Waals surface area (Å²) in [6.07, 6.45) is 3.77. The van der Waals surface area contributed by atoms with E-state index in [4.69, 9.17) is 9.47 Å². The topological polar surface area (TPSA) is 95.7 Å². The van der Waals surface area contributed by atoms with Crippen LogP contribution in [0.4, 0.5) is 0 Å². The Balaban J connectivity index is 2.18. The first kappa shape index (κ1) is 18.4. The molecule has 0 N–H and O–H groups in total. The normalized spacial score (nSPS) is 29.4. The van der Waals surface area contributed by atoms with Crippen molar-refractivity contribution in [3.8, 4) is 0 Å². The highest BCUT2D eigenvalue weighted by Gasteiger charge is 2.41. The number of nitrogens with zero attached hydrogens (tertiary/aromatic N) is 1. The van der Waals surface area contributed by atoms with E-state index in [-0.39, 0.29) is 41.4 Å². The maximum atomic E-state index is 12.3. The van der Waals surface area contributed by atoms with E-state index >= 15 is 0 Å². The van der Waals surface area contributed by atoms with Crippen LogP contribution in [0.15, 0.2) is 11.6 Å². The molecule has 0 aromatic rings. The molecule has 0 amide bonds. The summed E-state index contributed by atoms with van der Waals surface area (Å²) in [7, 11) is 0. The van der Waals surface area contributed by atoms with E-state index in [1.165, 1.54) is 6.92 Å². The Labute approximate surface area is 141 Å². The van der Waals surface area contributed by atoms with Crippen molar-refractivity contribution in [1.29, 1.82) is 0 Å². The van der Waals surface area contributed by atoms with Gasteiger partial charge in [0.05, 0.1) is 18.6 Å². The van der Waals surface area contributed by atoms with Crippen molar-refractivity contribution in [2.75, 3.05) is 6.61 Å². The number of nitro groups is 1. The van der Waals surface area contributed by atoms with Gasteiger partial charge in [-0.15, -0.1) is 0 Å². The van der Waals surface area contributed by atoms with Gasteiger partial charge in [0.15, 0.2) is 0 Å². The summed E-state index contributed by atoms with van der Waals surface area (Å²) in [5, 5.41) is 11.1. The molecule has 0 radical (unpaired) electrons. The lowest BCUT2D eigenvalue weighted by molar-refractivity contribution is -0.524. The monoisotopic (exact) mass is 339 g/mol. The zero-order valence-electron chi connectivity index (χ0n) is 14.4. The molecule has 2 aliphatic rings. The van der Waals surface area contributed by atoms with E-state index in [1.807, 2.05) is 6.08 Å². The molecule has 0 bridgehead atoms. The standard InChI is InChI=1S/C17H25NO6/c1-10(2)24-17(20)13-6-12-8-15(18(21)22)4-5-16(12)14(7-13)9-23-11(3)19/h6,10,13-16H,4-5,7-9H2,1-3H3/t13-,14+,15-,16-/m1/s1. The summed E-state index contributed by atoms with van der Waals surface area (Å²) in [4.78, 5) is 34.3. The lowest BCUT2D eigenvalue weighted by Crippen LogP contribution is -2.38. The van der Waals surface area contributed by atoms with Gasteiger partial charge in [-0.3, -0.25) is 19.7 Å². The van der Waals surface area contributed by atoms with Crippen LogP contribution in [0.25, 0.3) is 0 Å². The number of hydrogen-bond acceptors (Lipinski definition) is 6. The number of rotatable bonds is 5. The minimum Gasteiger partial charge on any atom is -0.466 e. The fourth-order valence-electron chi connectivity index (χ4n) is 3.70. The molecule has 1 saturated carbocycles. The second-order valence-electron chi connectivity index (χ2n) is 6.96. The van der Waals surface area contributed by atoms with Crippen LogP contribution in [0, 0.1) is 27.9 Å². The van der Waals surface area contributed by atoms with Crippen LogP contribution in [-0.2, 0) is 19.1 Å². The van der Waals surface area contributed by atoms with E-state index in [9.17, 15) is 19.7 Å². The van der Waals surface area contributed by atoms with Gasteiger partial charge in [-0.1, -0.05) is 11.6 Å².